The Morgan fingerprint density at radius 3 is 2.72 bits per heavy atom. The molecule has 1 aromatic rings. The first-order chi connectivity index (χ1) is 8.59. The monoisotopic (exact) mass is 249 g/mol. The van der Waals surface area contributed by atoms with Gasteiger partial charge in [-0.2, -0.15) is 0 Å². The summed E-state index contributed by atoms with van der Waals surface area (Å²) < 4.78 is 2.35. The molecule has 0 aliphatic heterocycles. The average molecular weight is 249 g/mol. The maximum absolute atomic E-state index is 4.32. The van der Waals surface area contributed by atoms with Crippen LogP contribution in [0.3, 0.4) is 0 Å². The smallest absolute Gasteiger partial charge is 0.0948 e. The highest BCUT2D eigenvalue weighted by Gasteiger charge is 2.27. The lowest BCUT2D eigenvalue weighted by Crippen LogP contribution is -2.28. The number of imidazole rings is 1. The topological polar surface area (TPSA) is 29.9 Å². The largest absolute Gasteiger partial charge is 0.333 e. The highest BCUT2D eigenvalue weighted by Crippen LogP contribution is 2.37. The molecule has 1 heterocycles. The fourth-order valence-corrected chi connectivity index (χ4v) is 2.92. The van der Waals surface area contributed by atoms with E-state index in [2.05, 4.69) is 35.6 Å². The number of hydrogen-bond acceptors (Lipinski definition) is 2. The molecule has 0 spiro atoms. The van der Waals surface area contributed by atoms with Crippen LogP contribution >= 0.6 is 0 Å². The molecule has 1 aliphatic carbocycles. The van der Waals surface area contributed by atoms with Gasteiger partial charge in [0.05, 0.1) is 12.0 Å². The van der Waals surface area contributed by atoms with E-state index in [-0.39, 0.29) is 0 Å². The molecule has 0 amide bonds. The summed E-state index contributed by atoms with van der Waals surface area (Å²) in [6.45, 7) is 8.86. The van der Waals surface area contributed by atoms with Crippen molar-refractivity contribution in [2.45, 2.75) is 72.0 Å². The molecule has 1 fully saturated rings. The summed E-state index contributed by atoms with van der Waals surface area (Å²) in [7, 11) is 0. The van der Waals surface area contributed by atoms with Gasteiger partial charge in [0.25, 0.3) is 0 Å². The Hall–Kier alpha value is -0.830. The number of nitrogens with zero attached hydrogens (tertiary/aromatic N) is 2. The lowest BCUT2D eigenvalue weighted by Gasteiger charge is -2.34. The minimum atomic E-state index is 0.478. The van der Waals surface area contributed by atoms with Crippen molar-refractivity contribution in [1.29, 1.82) is 0 Å². The Morgan fingerprint density at radius 2 is 2.06 bits per heavy atom. The number of rotatable bonds is 5. The van der Waals surface area contributed by atoms with Crippen molar-refractivity contribution in [3.05, 3.63) is 18.2 Å². The first-order valence-corrected chi connectivity index (χ1v) is 7.31. The van der Waals surface area contributed by atoms with Crippen LogP contribution in [0.5, 0.6) is 0 Å². The van der Waals surface area contributed by atoms with Crippen LogP contribution in [0.2, 0.25) is 0 Å². The fourth-order valence-electron chi connectivity index (χ4n) is 2.92. The average Bonchev–Trinajstić information content (AvgIpc) is 2.74. The molecule has 1 aliphatic rings. The first kappa shape index (κ1) is 13.6. The lowest BCUT2D eigenvalue weighted by molar-refractivity contribution is 0.181. The zero-order valence-corrected chi connectivity index (χ0v) is 12.1. The molecule has 3 heteroatoms. The van der Waals surface area contributed by atoms with Crippen LogP contribution in [0.15, 0.2) is 12.5 Å². The van der Waals surface area contributed by atoms with Crippen molar-refractivity contribution in [3.8, 4) is 0 Å². The molecular formula is C15H27N3. The minimum Gasteiger partial charge on any atom is -0.333 e. The van der Waals surface area contributed by atoms with E-state index in [1.807, 2.05) is 12.5 Å². The van der Waals surface area contributed by atoms with Crippen LogP contribution in [-0.2, 0) is 13.1 Å². The zero-order valence-electron chi connectivity index (χ0n) is 12.1. The van der Waals surface area contributed by atoms with Crippen LogP contribution in [0.1, 0.15) is 58.6 Å². The third-order valence-corrected chi connectivity index (χ3v) is 4.10. The van der Waals surface area contributed by atoms with E-state index in [1.54, 1.807) is 0 Å². The summed E-state index contributed by atoms with van der Waals surface area (Å²) in [5.41, 5.74) is 1.79. The van der Waals surface area contributed by atoms with E-state index in [0.717, 1.165) is 13.1 Å². The number of aromatic nitrogens is 2. The van der Waals surface area contributed by atoms with Gasteiger partial charge in [-0.25, -0.2) is 4.98 Å². The normalized spacial score (nSPS) is 19.3. The van der Waals surface area contributed by atoms with Crippen LogP contribution in [0, 0.1) is 5.41 Å². The van der Waals surface area contributed by atoms with Gasteiger partial charge in [0.2, 0.25) is 0 Å². The van der Waals surface area contributed by atoms with E-state index >= 15 is 0 Å². The zero-order chi connectivity index (χ0) is 13.0. The number of hydrogen-bond donors (Lipinski definition) is 1. The van der Waals surface area contributed by atoms with E-state index in [4.69, 9.17) is 0 Å². The molecule has 1 N–H and O–H groups in total. The first-order valence-electron chi connectivity index (χ1n) is 7.31. The predicted octanol–water partition coefficient (Wildman–Crippen LogP) is 3.35. The van der Waals surface area contributed by atoms with Crippen molar-refractivity contribution in [2.24, 2.45) is 5.41 Å². The van der Waals surface area contributed by atoms with Crippen LogP contribution < -0.4 is 5.32 Å². The van der Waals surface area contributed by atoms with Gasteiger partial charge in [-0.15, -0.1) is 0 Å². The van der Waals surface area contributed by atoms with E-state index in [1.165, 1.54) is 37.8 Å². The quantitative estimate of drug-likeness (QED) is 0.867. The van der Waals surface area contributed by atoms with Crippen molar-refractivity contribution in [3.63, 3.8) is 0 Å². The lowest BCUT2D eigenvalue weighted by atomic mass is 9.75. The van der Waals surface area contributed by atoms with Gasteiger partial charge in [0.15, 0.2) is 0 Å². The van der Waals surface area contributed by atoms with E-state index in [9.17, 15) is 0 Å². The minimum absolute atomic E-state index is 0.478. The van der Waals surface area contributed by atoms with E-state index in [0.29, 0.717) is 11.5 Å². The van der Waals surface area contributed by atoms with Crippen LogP contribution in [-0.4, -0.2) is 15.6 Å². The fraction of sp³-hybridized carbons (Fsp3) is 0.800. The van der Waals surface area contributed by atoms with Crippen molar-refractivity contribution >= 4 is 0 Å². The predicted molar refractivity (Wildman–Crippen MR) is 75.4 cm³/mol. The molecule has 0 aromatic carbocycles. The summed E-state index contributed by atoms with van der Waals surface area (Å²) in [6.07, 6.45) is 10.9. The second kappa shape index (κ2) is 5.87. The van der Waals surface area contributed by atoms with Gasteiger partial charge in [0, 0.05) is 25.3 Å². The maximum Gasteiger partial charge on any atom is 0.0948 e. The highest BCUT2D eigenvalue weighted by molar-refractivity contribution is 4.99. The van der Waals surface area contributed by atoms with Crippen LogP contribution in [0.4, 0.5) is 0 Å². The van der Waals surface area contributed by atoms with E-state index < -0.39 is 0 Å². The Labute approximate surface area is 111 Å². The van der Waals surface area contributed by atoms with Gasteiger partial charge in [-0.1, -0.05) is 40.0 Å². The molecule has 0 unspecified atom stereocenters. The molecule has 1 saturated carbocycles. The molecule has 2 rings (SSSR count). The third kappa shape index (κ3) is 3.58. The molecule has 18 heavy (non-hydrogen) atoms. The third-order valence-electron chi connectivity index (χ3n) is 4.10. The molecular weight excluding hydrogens is 222 g/mol. The maximum atomic E-state index is 4.32. The van der Waals surface area contributed by atoms with Gasteiger partial charge in [0.1, 0.15) is 0 Å². The Bertz CT molecular complexity index is 362. The second-order valence-electron chi connectivity index (χ2n) is 6.42. The summed E-state index contributed by atoms with van der Waals surface area (Å²) in [5.74, 6) is 0. The van der Waals surface area contributed by atoms with Gasteiger partial charge < -0.3 is 9.88 Å². The molecule has 1 aromatic heterocycles. The Balaban J connectivity index is 1.98. The molecule has 0 saturated heterocycles. The Morgan fingerprint density at radius 1 is 1.33 bits per heavy atom. The molecule has 0 atom stereocenters. The molecule has 0 radical (unpaired) electrons. The SMILES string of the molecule is CC(C)NCc1cncn1CC1(C)CCCCC1. The molecule has 3 nitrogen and oxygen atoms in total. The standard InChI is InChI=1S/C15H27N3/c1-13(2)17-10-14-9-16-12-18(14)11-15(3)7-5-4-6-8-15/h9,12-13,17H,4-8,10-11H2,1-3H3. The second-order valence-corrected chi connectivity index (χ2v) is 6.42. The summed E-state index contributed by atoms with van der Waals surface area (Å²) in [4.78, 5) is 4.32. The van der Waals surface area contributed by atoms with Crippen molar-refractivity contribution in [1.82, 2.24) is 14.9 Å². The summed E-state index contributed by atoms with van der Waals surface area (Å²) in [6, 6.07) is 0.526. The van der Waals surface area contributed by atoms with Gasteiger partial charge >= 0.3 is 0 Å². The van der Waals surface area contributed by atoms with Gasteiger partial charge in [-0.3, -0.25) is 0 Å². The van der Waals surface area contributed by atoms with Crippen molar-refractivity contribution < 1.29 is 0 Å². The Kier molecular flexibility index (Phi) is 4.44. The molecule has 102 valence electrons. The summed E-state index contributed by atoms with van der Waals surface area (Å²) in [5, 5.41) is 3.48. The van der Waals surface area contributed by atoms with Gasteiger partial charge in [-0.05, 0) is 18.3 Å². The number of nitrogens with one attached hydrogen (secondary N) is 1. The van der Waals surface area contributed by atoms with Crippen LogP contribution in [0.25, 0.3) is 0 Å². The molecule has 0 bridgehead atoms. The summed E-state index contributed by atoms with van der Waals surface area (Å²) >= 11 is 0. The van der Waals surface area contributed by atoms with Crippen molar-refractivity contribution in [2.75, 3.05) is 0 Å². The highest BCUT2D eigenvalue weighted by atomic mass is 15.1.